The maximum absolute atomic E-state index is 3.56. The average Bonchev–Trinajstić information content (AvgIpc) is 2.40. The van der Waals surface area contributed by atoms with Gasteiger partial charge in [-0.25, -0.2) is 0 Å². The minimum absolute atomic E-state index is 1.12. The summed E-state index contributed by atoms with van der Waals surface area (Å²) in [7, 11) is 0. The highest BCUT2D eigenvalue weighted by molar-refractivity contribution is 4.68. The molecule has 0 amide bonds. The molecule has 1 saturated heterocycles. The van der Waals surface area contributed by atoms with E-state index in [0.29, 0.717) is 0 Å². The molecule has 18 heavy (non-hydrogen) atoms. The van der Waals surface area contributed by atoms with Crippen molar-refractivity contribution in [3.8, 4) is 0 Å². The fraction of sp³-hybridized carbons (Fsp3) is 1.00. The quantitative estimate of drug-likeness (QED) is 0.796. The van der Waals surface area contributed by atoms with Gasteiger partial charge in [0.05, 0.1) is 0 Å². The van der Waals surface area contributed by atoms with Crippen LogP contribution in [0.5, 0.6) is 0 Å². The Hall–Kier alpha value is -0.160. The lowest BCUT2D eigenvalue weighted by molar-refractivity contribution is 0.178. The minimum Gasteiger partial charge on any atom is -0.314 e. The van der Waals surface area contributed by atoms with Gasteiger partial charge >= 0.3 is 0 Å². The first-order chi connectivity index (χ1) is 8.80. The Bertz CT molecular complexity index is 180. The van der Waals surface area contributed by atoms with Crippen LogP contribution in [0.25, 0.3) is 0 Å². The third-order valence-corrected chi connectivity index (χ3v) is 4.02. The molecule has 0 saturated carbocycles. The highest BCUT2D eigenvalue weighted by Gasteiger charge is 2.10. The highest BCUT2D eigenvalue weighted by Crippen LogP contribution is 1.96. The van der Waals surface area contributed by atoms with Gasteiger partial charge in [-0.2, -0.15) is 0 Å². The molecule has 1 aliphatic heterocycles. The topological polar surface area (TPSA) is 21.8 Å². The third kappa shape index (κ3) is 6.14. The van der Waals surface area contributed by atoms with Crippen LogP contribution >= 0.6 is 0 Å². The van der Waals surface area contributed by atoms with E-state index in [4.69, 9.17) is 0 Å². The van der Waals surface area contributed by atoms with Crippen LogP contribution in [0.4, 0.5) is 0 Å². The van der Waals surface area contributed by atoms with Crippen molar-refractivity contribution in [2.24, 2.45) is 0 Å². The van der Waals surface area contributed by atoms with Crippen LogP contribution in [-0.2, 0) is 0 Å². The van der Waals surface area contributed by atoms with Crippen molar-refractivity contribution in [2.75, 3.05) is 72.0 Å². The average molecular weight is 256 g/mol. The van der Waals surface area contributed by atoms with Gasteiger partial charge in [0.15, 0.2) is 0 Å². The van der Waals surface area contributed by atoms with Crippen LogP contribution < -0.4 is 5.32 Å². The monoisotopic (exact) mass is 256 g/mol. The highest BCUT2D eigenvalue weighted by atomic mass is 15.2. The number of likely N-dealkylation sites (N-methyl/N-ethyl adjacent to an activating group) is 3. The summed E-state index contributed by atoms with van der Waals surface area (Å²) in [5, 5.41) is 3.56. The second kappa shape index (κ2) is 9.73. The smallest absolute Gasteiger partial charge is 0.0110 e. The van der Waals surface area contributed by atoms with E-state index in [9.17, 15) is 0 Å². The molecule has 0 aromatic heterocycles. The fourth-order valence-corrected chi connectivity index (χ4v) is 2.45. The lowest BCUT2D eigenvalue weighted by atomic mass is 10.3. The predicted molar refractivity (Wildman–Crippen MR) is 79.2 cm³/mol. The molecule has 0 unspecified atom stereocenters. The van der Waals surface area contributed by atoms with E-state index in [1.165, 1.54) is 58.9 Å². The van der Waals surface area contributed by atoms with Crippen molar-refractivity contribution in [1.29, 1.82) is 0 Å². The zero-order valence-electron chi connectivity index (χ0n) is 12.6. The normalized spacial score (nSPS) is 23.5. The fourth-order valence-electron chi connectivity index (χ4n) is 2.45. The van der Waals surface area contributed by atoms with Crippen LogP contribution in [0, 0.1) is 0 Å². The van der Waals surface area contributed by atoms with Crippen molar-refractivity contribution in [1.82, 2.24) is 20.0 Å². The first-order valence-electron chi connectivity index (χ1n) is 7.67. The lowest BCUT2D eigenvalue weighted by Gasteiger charge is -2.30. The van der Waals surface area contributed by atoms with E-state index < -0.39 is 0 Å². The molecule has 1 N–H and O–H groups in total. The summed E-state index contributed by atoms with van der Waals surface area (Å²) in [5.74, 6) is 0. The van der Waals surface area contributed by atoms with Crippen molar-refractivity contribution >= 4 is 0 Å². The Labute approximate surface area is 113 Å². The van der Waals surface area contributed by atoms with Gasteiger partial charge in [0.25, 0.3) is 0 Å². The van der Waals surface area contributed by atoms with Crippen LogP contribution in [0.15, 0.2) is 0 Å². The molecule has 108 valence electrons. The number of nitrogens with one attached hydrogen (secondary N) is 1. The van der Waals surface area contributed by atoms with Gasteiger partial charge in [-0.3, -0.25) is 0 Å². The maximum Gasteiger partial charge on any atom is 0.0110 e. The Morgan fingerprint density at radius 2 is 0.944 bits per heavy atom. The summed E-state index contributed by atoms with van der Waals surface area (Å²) in [6.45, 7) is 19.8. The number of hydrogen-bond donors (Lipinski definition) is 1. The van der Waals surface area contributed by atoms with E-state index >= 15 is 0 Å². The Morgan fingerprint density at radius 3 is 1.28 bits per heavy atom. The molecule has 0 spiro atoms. The molecule has 1 aliphatic rings. The van der Waals surface area contributed by atoms with E-state index in [-0.39, 0.29) is 0 Å². The van der Waals surface area contributed by atoms with Gasteiger partial charge in [0.1, 0.15) is 0 Å². The molecular formula is C14H32N4. The molecular weight excluding hydrogens is 224 g/mol. The van der Waals surface area contributed by atoms with Gasteiger partial charge in [-0.1, -0.05) is 20.8 Å². The first-order valence-corrected chi connectivity index (χ1v) is 7.67. The summed E-state index contributed by atoms with van der Waals surface area (Å²) in [6.07, 6.45) is 0. The molecule has 0 radical (unpaired) electrons. The van der Waals surface area contributed by atoms with E-state index in [0.717, 1.165) is 13.1 Å². The second-order valence-corrected chi connectivity index (χ2v) is 5.05. The summed E-state index contributed by atoms with van der Waals surface area (Å²) in [4.78, 5) is 7.68. The zero-order valence-corrected chi connectivity index (χ0v) is 12.6. The molecule has 1 rings (SSSR count). The van der Waals surface area contributed by atoms with Gasteiger partial charge in [0, 0.05) is 52.4 Å². The maximum atomic E-state index is 3.56. The van der Waals surface area contributed by atoms with Crippen molar-refractivity contribution in [3.63, 3.8) is 0 Å². The van der Waals surface area contributed by atoms with E-state index in [2.05, 4.69) is 40.8 Å². The third-order valence-electron chi connectivity index (χ3n) is 4.02. The van der Waals surface area contributed by atoms with Crippen molar-refractivity contribution in [2.45, 2.75) is 20.8 Å². The SMILES string of the molecule is CCN1CCNCCN(CC)CCN(CC)CC1. The Kier molecular flexibility index (Phi) is 8.59. The summed E-state index contributed by atoms with van der Waals surface area (Å²) in [5.41, 5.74) is 0. The number of rotatable bonds is 3. The largest absolute Gasteiger partial charge is 0.314 e. The Balaban J connectivity index is 2.45. The van der Waals surface area contributed by atoms with Crippen LogP contribution in [0.3, 0.4) is 0 Å². The zero-order chi connectivity index (χ0) is 13.2. The van der Waals surface area contributed by atoms with Gasteiger partial charge < -0.3 is 20.0 Å². The van der Waals surface area contributed by atoms with E-state index in [1.54, 1.807) is 0 Å². The van der Waals surface area contributed by atoms with Crippen LogP contribution in [0.1, 0.15) is 20.8 Å². The molecule has 4 heteroatoms. The van der Waals surface area contributed by atoms with E-state index in [1.807, 2.05) is 0 Å². The lowest BCUT2D eigenvalue weighted by Crippen LogP contribution is -2.44. The standard InChI is InChI=1S/C14H32N4/c1-4-16-9-7-15-8-10-17(5-2)12-14-18(6-3)13-11-16/h15H,4-14H2,1-3H3. The van der Waals surface area contributed by atoms with Gasteiger partial charge in [-0.15, -0.1) is 0 Å². The molecule has 4 nitrogen and oxygen atoms in total. The molecule has 0 atom stereocenters. The molecule has 0 aromatic carbocycles. The minimum atomic E-state index is 1.12. The van der Waals surface area contributed by atoms with Crippen LogP contribution in [0.2, 0.25) is 0 Å². The van der Waals surface area contributed by atoms with Crippen LogP contribution in [-0.4, -0.2) is 86.7 Å². The predicted octanol–water partition coefficient (Wildman–Crippen LogP) is 0.555. The number of hydrogen-bond acceptors (Lipinski definition) is 4. The molecule has 0 aliphatic carbocycles. The molecule has 0 bridgehead atoms. The summed E-state index contributed by atoms with van der Waals surface area (Å²) >= 11 is 0. The molecule has 1 heterocycles. The second-order valence-electron chi connectivity index (χ2n) is 5.05. The summed E-state index contributed by atoms with van der Waals surface area (Å²) in [6, 6.07) is 0. The van der Waals surface area contributed by atoms with Gasteiger partial charge in [-0.05, 0) is 19.6 Å². The number of nitrogens with zero attached hydrogens (tertiary/aromatic N) is 3. The van der Waals surface area contributed by atoms with Crippen molar-refractivity contribution in [3.05, 3.63) is 0 Å². The van der Waals surface area contributed by atoms with Crippen molar-refractivity contribution < 1.29 is 0 Å². The Morgan fingerprint density at radius 1 is 0.611 bits per heavy atom. The molecule has 1 fully saturated rings. The first kappa shape index (κ1) is 15.9. The van der Waals surface area contributed by atoms with Gasteiger partial charge in [0.2, 0.25) is 0 Å². The molecule has 0 aromatic rings. The summed E-state index contributed by atoms with van der Waals surface area (Å²) < 4.78 is 0.